The highest BCUT2D eigenvalue weighted by Gasteiger charge is 2.62. The van der Waals surface area contributed by atoms with Gasteiger partial charge in [0.25, 0.3) is 5.16 Å². The summed E-state index contributed by atoms with van der Waals surface area (Å²) in [5, 5.41) is 1.56. The van der Waals surface area contributed by atoms with Crippen LogP contribution in [0.3, 0.4) is 0 Å². The molecule has 2 heterocycles. The van der Waals surface area contributed by atoms with Gasteiger partial charge in [-0.2, -0.15) is 18.2 Å². The molecule has 1 saturated carbocycles. The Bertz CT molecular complexity index is 911. The fourth-order valence-electron chi connectivity index (χ4n) is 3.23. The van der Waals surface area contributed by atoms with Gasteiger partial charge >= 0.3 is 6.18 Å². The van der Waals surface area contributed by atoms with Gasteiger partial charge in [0.1, 0.15) is 0 Å². The van der Waals surface area contributed by atoms with Crippen molar-refractivity contribution in [3.63, 3.8) is 0 Å². The van der Waals surface area contributed by atoms with Crippen LogP contribution in [0, 0.1) is 5.92 Å². The van der Waals surface area contributed by atoms with Crippen molar-refractivity contribution in [3.8, 4) is 0 Å². The van der Waals surface area contributed by atoms with Gasteiger partial charge in [0.2, 0.25) is 9.84 Å². The molecule has 0 N–H and O–H groups in total. The predicted molar refractivity (Wildman–Crippen MR) is 78.2 cm³/mol. The van der Waals surface area contributed by atoms with Crippen LogP contribution in [0.4, 0.5) is 17.6 Å². The van der Waals surface area contributed by atoms with Gasteiger partial charge in [-0.15, -0.1) is 5.10 Å². The summed E-state index contributed by atoms with van der Waals surface area (Å²) in [6.45, 7) is 0. The smallest absolute Gasteiger partial charge is 0.239 e. The van der Waals surface area contributed by atoms with E-state index in [1.165, 1.54) is 4.68 Å². The first kappa shape index (κ1) is 16.5. The normalized spacial score (nSPS) is 28.8. The maximum atomic E-state index is 14.2. The zero-order valence-corrected chi connectivity index (χ0v) is 13.5. The summed E-state index contributed by atoms with van der Waals surface area (Å²) in [5.74, 6) is -2.06. The second-order valence-electron chi connectivity index (χ2n) is 6.29. The molecule has 1 unspecified atom stereocenters. The molecule has 4 atom stereocenters. The largest absolute Gasteiger partial charge is 0.393 e. The molecule has 1 aliphatic carbocycles. The number of sulfone groups is 1. The highest BCUT2D eigenvalue weighted by Crippen LogP contribution is 2.50. The van der Waals surface area contributed by atoms with Crippen LogP contribution in [0.5, 0.6) is 0 Å². The van der Waals surface area contributed by atoms with E-state index in [2.05, 4.69) is 10.1 Å². The van der Waals surface area contributed by atoms with E-state index in [1.54, 1.807) is 30.3 Å². The molecule has 2 aliphatic rings. The lowest BCUT2D eigenvalue weighted by Gasteiger charge is -2.11. The maximum Gasteiger partial charge on any atom is 0.393 e. The third-order valence-corrected chi connectivity index (χ3v) is 6.63. The summed E-state index contributed by atoms with van der Waals surface area (Å²) in [5.41, 5.74) is 0.734. The Morgan fingerprint density at radius 2 is 1.80 bits per heavy atom. The van der Waals surface area contributed by atoms with Gasteiger partial charge in [0.15, 0.2) is 12.0 Å². The van der Waals surface area contributed by atoms with Gasteiger partial charge < -0.3 is 0 Å². The number of rotatable bonds is 3. The van der Waals surface area contributed by atoms with Gasteiger partial charge in [-0.3, -0.25) is 0 Å². The SMILES string of the molecule is O=S(=O)(c1nc2n(n1)[C@H](c1ccccc1)C[C@@H]2F)[C@H]1CC1C(F)(F)F. The molecule has 2 aromatic rings. The Kier molecular flexibility index (Phi) is 3.47. The lowest BCUT2D eigenvalue weighted by Crippen LogP contribution is -2.20. The number of benzene rings is 1. The van der Waals surface area contributed by atoms with E-state index < -0.39 is 51.0 Å². The van der Waals surface area contributed by atoms with Crippen LogP contribution >= 0.6 is 0 Å². The molecule has 1 aromatic heterocycles. The summed E-state index contributed by atoms with van der Waals surface area (Å²) < 4.78 is 78.1. The van der Waals surface area contributed by atoms with Gasteiger partial charge in [-0.05, 0) is 12.0 Å². The molecule has 0 saturated heterocycles. The highest BCUT2D eigenvalue weighted by atomic mass is 32.2. The monoisotopic (exact) mass is 375 g/mol. The first-order valence-electron chi connectivity index (χ1n) is 7.65. The van der Waals surface area contributed by atoms with Crippen LogP contribution in [0.2, 0.25) is 0 Å². The van der Waals surface area contributed by atoms with E-state index in [4.69, 9.17) is 0 Å². The number of hydrogen-bond acceptors (Lipinski definition) is 4. The minimum Gasteiger partial charge on any atom is -0.239 e. The van der Waals surface area contributed by atoms with Gasteiger partial charge in [0, 0.05) is 6.42 Å². The molecule has 0 spiro atoms. The van der Waals surface area contributed by atoms with Crippen LogP contribution in [0.1, 0.15) is 36.4 Å². The number of nitrogens with zero attached hydrogens (tertiary/aromatic N) is 3. The van der Waals surface area contributed by atoms with Crippen LogP contribution in [-0.4, -0.2) is 34.6 Å². The van der Waals surface area contributed by atoms with E-state index in [0.29, 0.717) is 0 Å². The Balaban J connectivity index is 1.68. The maximum absolute atomic E-state index is 14.2. The molecule has 0 bridgehead atoms. The zero-order chi connectivity index (χ0) is 18.0. The molecular weight excluding hydrogens is 362 g/mol. The third-order valence-electron chi connectivity index (χ3n) is 4.63. The van der Waals surface area contributed by atoms with Crippen LogP contribution in [0.15, 0.2) is 35.5 Å². The van der Waals surface area contributed by atoms with E-state index in [1.807, 2.05) is 0 Å². The van der Waals surface area contributed by atoms with E-state index in [0.717, 1.165) is 5.56 Å². The second-order valence-corrected chi connectivity index (χ2v) is 8.35. The van der Waals surface area contributed by atoms with Gasteiger partial charge in [-0.1, -0.05) is 30.3 Å². The van der Waals surface area contributed by atoms with E-state index >= 15 is 0 Å². The summed E-state index contributed by atoms with van der Waals surface area (Å²) in [6.07, 6.45) is -6.53. The standard InChI is InChI=1S/C15H13F4N3O2S/c16-10-7-11(8-4-2-1-3-5-8)22-13(10)20-14(21-22)25(23,24)12-6-9(12)15(17,18)19/h1-5,9-12H,6-7H2/t9?,10-,11-,12-/m0/s1. The third kappa shape index (κ3) is 2.62. The lowest BCUT2D eigenvalue weighted by atomic mass is 10.0. The summed E-state index contributed by atoms with van der Waals surface area (Å²) in [7, 11) is -4.33. The average molecular weight is 375 g/mol. The molecule has 1 aromatic carbocycles. The van der Waals surface area contributed by atoms with Crippen molar-refractivity contribution < 1.29 is 26.0 Å². The van der Waals surface area contributed by atoms with Gasteiger partial charge in [0.05, 0.1) is 17.2 Å². The molecule has 4 rings (SSSR count). The zero-order valence-electron chi connectivity index (χ0n) is 12.7. The second kappa shape index (κ2) is 5.26. The molecule has 5 nitrogen and oxygen atoms in total. The molecule has 1 fully saturated rings. The predicted octanol–water partition coefficient (Wildman–Crippen LogP) is 3.01. The van der Waals surface area contributed by atoms with Crippen molar-refractivity contribution in [2.45, 2.75) is 41.6 Å². The fraction of sp³-hybridized carbons (Fsp3) is 0.467. The van der Waals surface area contributed by atoms with Crippen LogP contribution < -0.4 is 0 Å². The van der Waals surface area contributed by atoms with Gasteiger partial charge in [-0.25, -0.2) is 17.5 Å². The van der Waals surface area contributed by atoms with Crippen molar-refractivity contribution in [1.82, 2.24) is 14.8 Å². The molecular formula is C15H13F4N3O2S. The molecule has 0 amide bonds. The number of aromatic nitrogens is 3. The molecule has 0 radical (unpaired) electrons. The Labute approximate surface area is 140 Å². The Hall–Kier alpha value is -1.97. The first-order valence-corrected chi connectivity index (χ1v) is 9.20. The fourth-order valence-corrected chi connectivity index (χ4v) is 4.97. The number of halogens is 4. The quantitative estimate of drug-likeness (QED) is 0.774. The van der Waals surface area contributed by atoms with Crippen molar-refractivity contribution in [3.05, 3.63) is 41.7 Å². The first-order chi connectivity index (χ1) is 11.7. The van der Waals surface area contributed by atoms with E-state index in [-0.39, 0.29) is 12.2 Å². The van der Waals surface area contributed by atoms with Crippen molar-refractivity contribution in [2.75, 3.05) is 0 Å². The van der Waals surface area contributed by atoms with Crippen molar-refractivity contribution >= 4 is 9.84 Å². The van der Waals surface area contributed by atoms with Crippen LogP contribution in [0.25, 0.3) is 0 Å². The Morgan fingerprint density at radius 1 is 1.12 bits per heavy atom. The topological polar surface area (TPSA) is 64.8 Å². The average Bonchev–Trinajstić information content (AvgIpc) is 3.18. The molecule has 134 valence electrons. The van der Waals surface area contributed by atoms with Crippen molar-refractivity contribution in [1.29, 1.82) is 0 Å². The minimum atomic E-state index is -4.57. The molecule has 1 aliphatic heterocycles. The summed E-state index contributed by atoms with van der Waals surface area (Å²) >= 11 is 0. The summed E-state index contributed by atoms with van der Waals surface area (Å²) in [6, 6.07) is 8.28. The minimum absolute atomic E-state index is 0.0638. The molecule has 10 heteroatoms. The number of alkyl halides is 4. The number of fused-ring (bicyclic) bond motifs is 1. The Morgan fingerprint density at radius 3 is 2.40 bits per heavy atom. The van der Waals surface area contributed by atoms with Crippen LogP contribution in [-0.2, 0) is 9.84 Å². The number of hydrogen-bond donors (Lipinski definition) is 0. The lowest BCUT2D eigenvalue weighted by molar-refractivity contribution is -0.146. The van der Waals surface area contributed by atoms with Crippen molar-refractivity contribution in [2.24, 2.45) is 5.92 Å². The summed E-state index contributed by atoms with van der Waals surface area (Å²) in [4.78, 5) is 3.72. The van der Waals surface area contributed by atoms with E-state index in [9.17, 15) is 26.0 Å². The molecule has 25 heavy (non-hydrogen) atoms. The highest BCUT2D eigenvalue weighted by molar-refractivity contribution is 7.92.